The molecule has 1 amide bonds. The van der Waals surface area contributed by atoms with Gasteiger partial charge in [-0.25, -0.2) is 4.79 Å². The summed E-state index contributed by atoms with van der Waals surface area (Å²) in [6, 6.07) is 20.5. The van der Waals surface area contributed by atoms with E-state index in [0.29, 0.717) is 22.0 Å². The van der Waals surface area contributed by atoms with Gasteiger partial charge in [0.1, 0.15) is 5.69 Å². The maximum atomic E-state index is 13.2. The number of carbonyl (C=O) groups is 2. The zero-order valence-electron chi connectivity index (χ0n) is 19.6. The average Bonchev–Trinajstić information content (AvgIpc) is 2.82. The second-order valence-corrected chi connectivity index (χ2v) is 8.44. The van der Waals surface area contributed by atoms with Gasteiger partial charge in [0.2, 0.25) is 0 Å². The van der Waals surface area contributed by atoms with Gasteiger partial charge >= 0.3 is 5.97 Å². The van der Waals surface area contributed by atoms with Crippen molar-refractivity contribution in [3.8, 4) is 11.1 Å². The van der Waals surface area contributed by atoms with Gasteiger partial charge in [0.25, 0.3) is 11.5 Å². The molecule has 1 N–H and O–H groups in total. The zero-order valence-corrected chi connectivity index (χ0v) is 19.6. The van der Waals surface area contributed by atoms with E-state index in [4.69, 9.17) is 4.74 Å². The Kier molecular flexibility index (Phi) is 6.32. The van der Waals surface area contributed by atoms with Crippen LogP contribution >= 0.6 is 0 Å². The molecule has 3 aromatic carbocycles. The summed E-state index contributed by atoms with van der Waals surface area (Å²) < 4.78 is 6.68. The Hall–Kier alpha value is -4.19. The van der Waals surface area contributed by atoms with Crippen LogP contribution in [0.15, 0.2) is 71.5 Å². The highest BCUT2D eigenvalue weighted by Crippen LogP contribution is 2.31. The first-order valence-electron chi connectivity index (χ1n) is 11.0. The Morgan fingerprint density at radius 2 is 1.53 bits per heavy atom. The molecule has 1 aromatic heterocycles. The number of hydrogen-bond acceptors (Lipinski definition) is 4. The molecule has 0 spiro atoms. The molecule has 6 heteroatoms. The standard InChI is InChI=1S/C28H26N2O4/c1-17-9-12-20(13-10-17)25-21-7-5-6-8-22(21)27(32)30(4)26(25)28(33)34-16-24(31)29-23-14-11-18(2)15-19(23)3/h5-15H,16H2,1-4H3,(H,29,31). The first-order chi connectivity index (χ1) is 16.3. The largest absolute Gasteiger partial charge is 0.451 e. The number of esters is 1. The molecular formula is C28H26N2O4. The normalized spacial score (nSPS) is 10.8. The molecule has 0 radical (unpaired) electrons. The van der Waals surface area contributed by atoms with Gasteiger partial charge in [-0.1, -0.05) is 65.7 Å². The van der Waals surface area contributed by atoms with E-state index in [1.807, 2.05) is 75.4 Å². The van der Waals surface area contributed by atoms with Crippen LogP contribution in [0.5, 0.6) is 0 Å². The fraction of sp³-hybridized carbons (Fsp3) is 0.179. The van der Waals surface area contributed by atoms with Crippen LogP contribution in [0.2, 0.25) is 0 Å². The van der Waals surface area contributed by atoms with Crippen LogP contribution in [0.3, 0.4) is 0 Å². The summed E-state index contributed by atoms with van der Waals surface area (Å²) in [5.41, 5.74) is 4.91. The van der Waals surface area contributed by atoms with Crippen molar-refractivity contribution < 1.29 is 14.3 Å². The van der Waals surface area contributed by atoms with Crippen LogP contribution in [0.25, 0.3) is 21.9 Å². The van der Waals surface area contributed by atoms with Crippen molar-refractivity contribution in [3.63, 3.8) is 0 Å². The molecule has 34 heavy (non-hydrogen) atoms. The van der Waals surface area contributed by atoms with Crippen molar-refractivity contribution in [3.05, 3.63) is 99.5 Å². The van der Waals surface area contributed by atoms with E-state index >= 15 is 0 Å². The summed E-state index contributed by atoms with van der Waals surface area (Å²) >= 11 is 0. The maximum absolute atomic E-state index is 13.2. The summed E-state index contributed by atoms with van der Waals surface area (Å²) in [4.78, 5) is 38.7. The van der Waals surface area contributed by atoms with E-state index in [1.54, 1.807) is 19.2 Å². The van der Waals surface area contributed by atoms with E-state index in [1.165, 1.54) is 4.57 Å². The fourth-order valence-electron chi connectivity index (χ4n) is 4.06. The molecular weight excluding hydrogens is 428 g/mol. The SMILES string of the molecule is Cc1ccc(-c2c(C(=O)OCC(=O)Nc3ccc(C)cc3C)n(C)c(=O)c3ccccc23)cc1. The Balaban J connectivity index is 1.69. The number of ether oxygens (including phenoxy) is 1. The minimum Gasteiger partial charge on any atom is -0.451 e. The van der Waals surface area contributed by atoms with Crippen molar-refractivity contribution in [2.45, 2.75) is 20.8 Å². The first-order valence-corrected chi connectivity index (χ1v) is 11.0. The molecule has 0 saturated carbocycles. The fourth-order valence-corrected chi connectivity index (χ4v) is 4.06. The zero-order chi connectivity index (χ0) is 24.4. The molecule has 0 aliphatic rings. The van der Waals surface area contributed by atoms with Crippen LogP contribution < -0.4 is 10.9 Å². The number of nitrogens with one attached hydrogen (secondary N) is 1. The maximum Gasteiger partial charge on any atom is 0.356 e. The number of aryl methyl sites for hydroxylation is 3. The van der Waals surface area contributed by atoms with E-state index in [-0.39, 0.29) is 11.3 Å². The Labute approximate surface area is 197 Å². The second kappa shape index (κ2) is 9.35. The summed E-state index contributed by atoms with van der Waals surface area (Å²) in [7, 11) is 1.54. The lowest BCUT2D eigenvalue weighted by molar-refractivity contribution is -0.119. The molecule has 4 aromatic rings. The number of benzene rings is 3. The number of rotatable bonds is 5. The molecule has 0 bridgehead atoms. The van der Waals surface area contributed by atoms with E-state index < -0.39 is 18.5 Å². The van der Waals surface area contributed by atoms with Gasteiger partial charge in [-0.15, -0.1) is 0 Å². The molecule has 6 nitrogen and oxygen atoms in total. The highest BCUT2D eigenvalue weighted by atomic mass is 16.5. The van der Waals surface area contributed by atoms with Gasteiger partial charge in [-0.05, 0) is 49.4 Å². The highest BCUT2D eigenvalue weighted by Gasteiger charge is 2.23. The topological polar surface area (TPSA) is 77.4 Å². The van der Waals surface area contributed by atoms with E-state index in [9.17, 15) is 14.4 Å². The van der Waals surface area contributed by atoms with Crippen molar-refractivity contribution in [2.24, 2.45) is 7.05 Å². The quantitative estimate of drug-likeness (QED) is 0.434. The second-order valence-electron chi connectivity index (χ2n) is 8.44. The van der Waals surface area contributed by atoms with Crippen LogP contribution in [0.1, 0.15) is 27.2 Å². The number of hydrogen-bond donors (Lipinski definition) is 1. The van der Waals surface area contributed by atoms with Gasteiger partial charge in [0.05, 0.1) is 0 Å². The summed E-state index contributed by atoms with van der Waals surface area (Å²) in [6.07, 6.45) is 0. The van der Waals surface area contributed by atoms with Crippen molar-refractivity contribution >= 4 is 28.3 Å². The third-order valence-corrected chi connectivity index (χ3v) is 5.83. The van der Waals surface area contributed by atoms with Crippen molar-refractivity contribution in [2.75, 3.05) is 11.9 Å². The number of aromatic nitrogens is 1. The lowest BCUT2D eigenvalue weighted by Crippen LogP contribution is -2.28. The Bertz CT molecular complexity index is 1470. The number of carbonyl (C=O) groups excluding carboxylic acids is 2. The third kappa shape index (κ3) is 4.48. The molecule has 0 atom stereocenters. The lowest BCUT2D eigenvalue weighted by atomic mass is 9.96. The molecule has 0 aliphatic heterocycles. The molecule has 0 aliphatic carbocycles. The molecule has 0 fully saturated rings. The molecule has 0 unspecified atom stereocenters. The van der Waals surface area contributed by atoms with E-state index in [2.05, 4.69) is 5.32 Å². The predicted molar refractivity (Wildman–Crippen MR) is 134 cm³/mol. The number of fused-ring (bicyclic) bond motifs is 1. The molecule has 172 valence electrons. The van der Waals surface area contributed by atoms with Gasteiger partial charge in [-0.2, -0.15) is 0 Å². The monoisotopic (exact) mass is 454 g/mol. The highest BCUT2D eigenvalue weighted by molar-refractivity contribution is 6.07. The van der Waals surface area contributed by atoms with Gasteiger partial charge < -0.3 is 14.6 Å². The van der Waals surface area contributed by atoms with E-state index in [0.717, 1.165) is 22.3 Å². The minimum absolute atomic E-state index is 0.104. The Morgan fingerprint density at radius 3 is 2.21 bits per heavy atom. The smallest absolute Gasteiger partial charge is 0.356 e. The summed E-state index contributed by atoms with van der Waals surface area (Å²) in [5.74, 6) is -1.19. The minimum atomic E-state index is -0.739. The van der Waals surface area contributed by atoms with Crippen molar-refractivity contribution in [1.29, 1.82) is 0 Å². The summed E-state index contributed by atoms with van der Waals surface area (Å²) in [6.45, 7) is 5.37. The van der Waals surface area contributed by atoms with Crippen LogP contribution in [0.4, 0.5) is 5.69 Å². The predicted octanol–water partition coefficient (Wildman–Crippen LogP) is 4.93. The number of anilines is 1. The number of pyridine rings is 1. The summed E-state index contributed by atoms with van der Waals surface area (Å²) in [5, 5.41) is 3.93. The third-order valence-electron chi connectivity index (χ3n) is 5.83. The van der Waals surface area contributed by atoms with Crippen LogP contribution in [-0.4, -0.2) is 23.1 Å². The van der Waals surface area contributed by atoms with Gasteiger partial charge in [0.15, 0.2) is 6.61 Å². The number of nitrogens with zero attached hydrogens (tertiary/aromatic N) is 1. The number of amides is 1. The van der Waals surface area contributed by atoms with Crippen LogP contribution in [-0.2, 0) is 16.6 Å². The molecule has 1 heterocycles. The van der Waals surface area contributed by atoms with Crippen LogP contribution in [0, 0.1) is 20.8 Å². The average molecular weight is 455 g/mol. The van der Waals surface area contributed by atoms with Gasteiger partial charge in [0, 0.05) is 23.7 Å². The van der Waals surface area contributed by atoms with Gasteiger partial charge in [-0.3, -0.25) is 9.59 Å². The lowest BCUT2D eigenvalue weighted by Gasteiger charge is -2.17. The first kappa shape index (κ1) is 23.0. The Morgan fingerprint density at radius 1 is 0.882 bits per heavy atom. The van der Waals surface area contributed by atoms with Crippen molar-refractivity contribution in [1.82, 2.24) is 4.57 Å². The molecule has 0 saturated heterocycles. The molecule has 4 rings (SSSR count).